The molecule has 2 N–H and O–H groups in total. The molecule has 122 valence electrons. The Kier molecular flexibility index (Phi) is 6.07. The van der Waals surface area contributed by atoms with Crippen LogP contribution < -0.4 is 10.1 Å². The van der Waals surface area contributed by atoms with E-state index in [0.29, 0.717) is 23.8 Å². The number of carbonyl (C=O) groups is 1. The van der Waals surface area contributed by atoms with Crippen molar-refractivity contribution >= 4 is 34.8 Å². The van der Waals surface area contributed by atoms with Crippen LogP contribution in [0.4, 0.5) is 10.1 Å². The molecule has 0 aromatic heterocycles. The molecule has 2 rings (SSSR count). The predicted molar refractivity (Wildman–Crippen MR) is 87.9 cm³/mol. The van der Waals surface area contributed by atoms with E-state index in [1.165, 1.54) is 0 Å². The summed E-state index contributed by atoms with van der Waals surface area (Å²) < 4.78 is 19.0. The summed E-state index contributed by atoms with van der Waals surface area (Å²) in [4.78, 5) is 11.8. The third-order valence-corrected chi connectivity index (χ3v) is 3.57. The first-order valence-electron chi connectivity index (χ1n) is 6.82. The molecule has 0 aliphatic carbocycles. The summed E-state index contributed by atoms with van der Waals surface area (Å²) in [5, 5.41) is 12.1. The van der Waals surface area contributed by atoms with Crippen LogP contribution in [0.1, 0.15) is 12.8 Å². The Labute approximate surface area is 142 Å². The van der Waals surface area contributed by atoms with Gasteiger partial charge >= 0.3 is 0 Å². The molecule has 7 heteroatoms. The number of benzene rings is 2. The summed E-state index contributed by atoms with van der Waals surface area (Å²) in [5.41, 5.74) is -0.0789. The average molecular weight is 358 g/mol. The number of ether oxygens (including phenoxy) is 1. The number of amides is 1. The normalized spacial score (nSPS) is 10.4. The summed E-state index contributed by atoms with van der Waals surface area (Å²) in [6, 6.07) is 9.03. The van der Waals surface area contributed by atoms with Gasteiger partial charge in [0.25, 0.3) is 0 Å². The molecular formula is C16H14Cl2FNO3. The molecule has 0 atom stereocenters. The van der Waals surface area contributed by atoms with Gasteiger partial charge in [0.05, 0.1) is 22.3 Å². The molecule has 0 saturated carbocycles. The highest BCUT2D eigenvalue weighted by molar-refractivity contribution is 6.32. The van der Waals surface area contributed by atoms with E-state index in [2.05, 4.69) is 5.32 Å². The van der Waals surface area contributed by atoms with Crippen molar-refractivity contribution in [3.05, 3.63) is 52.3 Å². The van der Waals surface area contributed by atoms with Crippen molar-refractivity contribution in [2.75, 3.05) is 11.9 Å². The first kappa shape index (κ1) is 17.4. The minimum absolute atomic E-state index is 0.0382. The highest BCUT2D eigenvalue weighted by atomic mass is 35.5. The van der Waals surface area contributed by atoms with E-state index < -0.39 is 5.82 Å². The van der Waals surface area contributed by atoms with E-state index in [1.54, 1.807) is 24.3 Å². The molecule has 0 unspecified atom stereocenters. The number of rotatable bonds is 6. The lowest BCUT2D eigenvalue weighted by atomic mass is 10.2. The molecule has 0 bridgehead atoms. The molecule has 2 aromatic carbocycles. The predicted octanol–water partition coefficient (Wildman–Crippen LogP) is 4.64. The van der Waals surface area contributed by atoms with Crippen LogP contribution in [-0.4, -0.2) is 17.6 Å². The van der Waals surface area contributed by atoms with Gasteiger partial charge in [-0.3, -0.25) is 4.79 Å². The highest BCUT2D eigenvalue weighted by Crippen LogP contribution is 2.29. The van der Waals surface area contributed by atoms with Gasteiger partial charge in [0.2, 0.25) is 5.91 Å². The van der Waals surface area contributed by atoms with Gasteiger partial charge in [-0.25, -0.2) is 4.39 Å². The van der Waals surface area contributed by atoms with Crippen LogP contribution in [0.2, 0.25) is 10.0 Å². The van der Waals surface area contributed by atoms with E-state index in [0.717, 1.165) is 12.1 Å². The van der Waals surface area contributed by atoms with Gasteiger partial charge in [0.1, 0.15) is 17.3 Å². The molecule has 0 saturated heterocycles. The Balaban J connectivity index is 1.80. The molecule has 0 aliphatic heterocycles. The van der Waals surface area contributed by atoms with Gasteiger partial charge in [-0.05, 0) is 24.6 Å². The van der Waals surface area contributed by atoms with Crippen molar-refractivity contribution in [1.82, 2.24) is 0 Å². The zero-order valence-electron chi connectivity index (χ0n) is 12.0. The van der Waals surface area contributed by atoms with Crippen molar-refractivity contribution in [1.29, 1.82) is 0 Å². The van der Waals surface area contributed by atoms with Crippen LogP contribution in [-0.2, 0) is 4.79 Å². The van der Waals surface area contributed by atoms with Gasteiger partial charge in [-0.15, -0.1) is 0 Å². The molecule has 0 spiro atoms. The maximum atomic E-state index is 13.6. The molecule has 4 nitrogen and oxygen atoms in total. The van der Waals surface area contributed by atoms with Crippen LogP contribution in [0.25, 0.3) is 0 Å². The fourth-order valence-electron chi connectivity index (χ4n) is 1.82. The first-order chi connectivity index (χ1) is 11.0. The number of nitrogens with one attached hydrogen (secondary N) is 1. The minimum atomic E-state index is -0.757. The fraction of sp³-hybridized carbons (Fsp3) is 0.188. The number of halogens is 3. The first-order valence-corrected chi connectivity index (χ1v) is 7.58. The molecule has 0 aliphatic rings. The molecule has 0 radical (unpaired) electrons. The summed E-state index contributed by atoms with van der Waals surface area (Å²) in [7, 11) is 0. The second-order valence-corrected chi connectivity index (χ2v) is 5.53. The summed E-state index contributed by atoms with van der Waals surface area (Å²) >= 11 is 11.6. The Morgan fingerprint density at radius 1 is 1.22 bits per heavy atom. The van der Waals surface area contributed by atoms with Crippen LogP contribution >= 0.6 is 23.2 Å². The second-order valence-electron chi connectivity index (χ2n) is 4.71. The summed E-state index contributed by atoms with van der Waals surface area (Å²) in [5.74, 6) is -0.970. The van der Waals surface area contributed by atoms with Gasteiger partial charge in [-0.2, -0.15) is 0 Å². The molecule has 1 amide bonds. The largest absolute Gasteiger partial charge is 0.506 e. The third kappa shape index (κ3) is 5.01. The maximum Gasteiger partial charge on any atom is 0.224 e. The van der Waals surface area contributed by atoms with Crippen molar-refractivity contribution in [3.8, 4) is 11.5 Å². The Hall–Kier alpha value is -1.98. The van der Waals surface area contributed by atoms with E-state index in [9.17, 15) is 14.3 Å². The molecule has 2 aromatic rings. The van der Waals surface area contributed by atoms with Gasteiger partial charge in [0.15, 0.2) is 0 Å². The summed E-state index contributed by atoms with van der Waals surface area (Å²) in [6.45, 7) is 0.302. The van der Waals surface area contributed by atoms with E-state index in [4.69, 9.17) is 27.9 Å². The number of phenols is 1. The van der Waals surface area contributed by atoms with Crippen molar-refractivity contribution in [2.24, 2.45) is 0 Å². The van der Waals surface area contributed by atoms with E-state index in [-0.39, 0.29) is 28.8 Å². The average Bonchev–Trinajstić information content (AvgIpc) is 2.51. The lowest BCUT2D eigenvalue weighted by molar-refractivity contribution is -0.116. The lowest BCUT2D eigenvalue weighted by Gasteiger charge is -2.09. The smallest absolute Gasteiger partial charge is 0.224 e. The number of hydrogen-bond acceptors (Lipinski definition) is 3. The summed E-state index contributed by atoms with van der Waals surface area (Å²) in [6.07, 6.45) is 0.576. The fourth-order valence-corrected chi connectivity index (χ4v) is 2.18. The minimum Gasteiger partial charge on any atom is -0.506 e. The standard InChI is InChI=1S/C16H14Cl2FNO3/c17-10-4-1-2-5-15(10)23-7-3-6-16(22)20-13-8-11(18)14(21)9-12(13)19/h1-2,4-5,8-9,21H,3,6-7H2,(H,20,22). The van der Waals surface area contributed by atoms with Crippen molar-refractivity contribution in [2.45, 2.75) is 12.8 Å². The van der Waals surface area contributed by atoms with Gasteiger partial charge < -0.3 is 15.2 Å². The van der Waals surface area contributed by atoms with Crippen LogP contribution in [0.15, 0.2) is 36.4 Å². The number of anilines is 1. The van der Waals surface area contributed by atoms with Crippen LogP contribution in [0.3, 0.4) is 0 Å². The molecule has 0 heterocycles. The van der Waals surface area contributed by atoms with Crippen LogP contribution in [0.5, 0.6) is 11.5 Å². The quantitative estimate of drug-likeness (QED) is 0.584. The second kappa shape index (κ2) is 8.04. The zero-order valence-corrected chi connectivity index (χ0v) is 13.5. The van der Waals surface area contributed by atoms with Crippen LogP contribution in [0, 0.1) is 5.82 Å². The maximum absolute atomic E-state index is 13.6. The lowest BCUT2D eigenvalue weighted by Crippen LogP contribution is -2.13. The Morgan fingerprint density at radius 3 is 2.70 bits per heavy atom. The van der Waals surface area contributed by atoms with Crippen molar-refractivity contribution in [3.63, 3.8) is 0 Å². The van der Waals surface area contributed by atoms with Gasteiger partial charge in [-0.1, -0.05) is 35.3 Å². The number of phenolic OH excluding ortho intramolecular Hbond substituents is 1. The topological polar surface area (TPSA) is 58.6 Å². The van der Waals surface area contributed by atoms with Gasteiger partial charge in [0, 0.05) is 12.5 Å². The number of hydrogen-bond donors (Lipinski definition) is 2. The highest BCUT2D eigenvalue weighted by Gasteiger charge is 2.11. The number of aromatic hydroxyl groups is 1. The molecule has 0 fully saturated rings. The monoisotopic (exact) mass is 357 g/mol. The Bertz CT molecular complexity index is 710. The van der Waals surface area contributed by atoms with E-state index >= 15 is 0 Å². The SMILES string of the molecule is O=C(CCCOc1ccccc1Cl)Nc1cc(Cl)c(O)cc1F. The molecule has 23 heavy (non-hydrogen) atoms. The number of carbonyl (C=O) groups excluding carboxylic acids is 1. The Morgan fingerprint density at radius 2 is 1.96 bits per heavy atom. The number of para-hydroxylation sites is 1. The van der Waals surface area contributed by atoms with Crippen molar-refractivity contribution < 1.29 is 19.0 Å². The zero-order chi connectivity index (χ0) is 16.8. The van der Waals surface area contributed by atoms with E-state index in [1.807, 2.05) is 0 Å². The molecular weight excluding hydrogens is 344 g/mol. The third-order valence-electron chi connectivity index (χ3n) is 2.95.